The minimum Gasteiger partial charge on any atom is -0.402 e. The zero-order valence-corrected chi connectivity index (χ0v) is 18.0. The van der Waals surface area contributed by atoms with Gasteiger partial charge in [0.1, 0.15) is 23.5 Å². The molecule has 6 N–H and O–H groups in total. The molecule has 1 saturated heterocycles. The van der Waals surface area contributed by atoms with Gasteiger partial charge in [-0.3, -0.25) is 4.79 Å². The molecule has 1 fully saturated rings. The maximum absolute atomic E-state index is 13.6. The van der Waals surface area contributed by atoms with Crippen molar-refractivity contribution in [2.24, 2.45) is 11.5 Å². The van der Waals surface area contributed by atoms with Crippen LogP contribution in [0, 0.1) is 6.92 Å². The molecule has 0 spiro atoms. The maximum atomic E-state index is 13.6. The number of alkyl halides is 3. The largest absolute Gasteiger partial charge is 0.408 e. The molecular weight excluding hydrogens is 421 g/mol. The van der Waals surface area contributed by atoms with Crippen molar-refractivity contribution >= 4 is 11.6 Å². The van der Waals surface area contributed by atoms with E-state index in [-0.39, 0.29) is 18.8 Å². The molecule has 172 valence electrons. The highest BCUT2D eigenvalue weighted by Crippen LogP contribution is 2.35. The molecule has 0 aromatic carbocycles. The number of allylic oxidation sites excluding steroid dienone is 3. The molecule has 1 aliphatic rings. The molecule has 2 aromatic rings. The molecule has 3 rings (SSSR count). The number of H-pyrrole nitrogens is 1. The fourth-order valence-electron chi connectivity index (χ4n) is 3.71. The fourth-order valence-corrected chi connectivity index (χ4v) is 3.71. The smallest absolute Gasteiger partial charge is 0.402 e. The Morgan fingerprint density at radius 3 is 2.69 bits per heavy atom. The summed E-state index contributed by atoms with van der Waals surface area (Å²) in [5.41, 5.74) is 13.5. The zero-order valence-electron chi connectivity index (χ0n) is 18.0. The Morgan fingerprint density at radius 1 is 1.25 bits per heavy atom. The first kappa shape index (κ1) is 23.2. The van der Waals surface area contributed by atoms with Crippen molar-refractivity contribution in [2.75, 3.05) is 16.8 Å². The number of halogens is 3. The normalized spacial score (nSPS) is 18.0. The van der Waals surface area contributed by atoms with Crippen molar-refractivity contribution in [3.05, 3.63) is 64.0 Å². The van der Waals surface area contributed by atoms with E-state index < -0.39 is 17.8 Å². The number of hydrogen-bond acceptors (Lipinski definition) is 6. The van der Waals surface area contributed by atoms with E-state index in [2.05, 4.69) is 15.3 Å². The van der Waals surface area contributed by atoms with Crippen molar-refractivity contribution in [3.63, 3.8) is 0 Å². The van der Waals surface area contributed by atoms with Crippen molar-refractivity contribution in [1.29, 1.82) is 0 Å². The van der Waals surface area contributed by atoms with E-state index in [0.717, 1.165) is 5.56 Å². The molecule has 3 heterocycles. The first-order valence-electron chi connectivity index (χ1n) is 10.3. The summed E-state index contributed by atoms with van der Waals surface area (Å²) in [6, 6.07) is 3.02. The summed E-state index contributed by atoms with van der Waals surface area (Å²) in [6.45, 7) is 3.76. The number of pyridine rings is 2. The van der Waals surface area contributed by atoms with Gasteiger partial charge in [-0.15, -0.1) is 0 Å². The number of anilines is 2. The lowest BCUT2D eigenvalue weighted by Crippen LogP contribution is -2.49. The molecule has 2 aromatic heterocycles. The Balaban J connectivity index is 1.98. The Labute approximate surface area is 184 Å². The van der Waals surface area contributed by atoms with Gasteiger partial charge in [-0.05, 0) is 74.1 Å². The number of aromatic amines is 1. The monoisotopic (exact) mass is 448 g/mol. The molecule has 0 aliphatic carbocycles. The summed E-state index contributed by atoms with van der Waals surface area (Å²) >= 11 is 0. The van der Waals surface area contributed by atoms with Crippen LogP contribution in [0.4, 0.5) is 24.8 Å². The van der Waals surface area contributed by atoms with Crippen LogP contribution in [0.15, 0.2) is 52.9 Å². The Kier molecular flexibility index (Phi) is 6.81. The summed E-state index contributed by atoms with van der Waals surface area (Å²) in [5.74, 6) is 0.892. The second-order valence-electron chi connectivity index (χ2n) is 7.91. The van der Waals surface area contributed by atoms with Crippen LogP contribution in [0.5, 0.6) is 0 Å². The van der Waals surface area contributed by atoms with Gasteiger partial charge in [0.05, 0.1) is 0 Å². The lowest BCUT2D eigenvalue weighted by molar-refractivity contribution is -0.152. The predicted molar refractivity (Wildman–Crippen MR) is 120 cm³/mol. The van der Waals surface area contributed by atoms with Gasteiger partial charge in [0.25, 0.3) is 0 Å². The van der Waals surface area contributed by atoms with Crippen molar-refractivity contribution in [3.8, 4) is 11.1 Å². The highest BCUT2D eigenvalue weighted by Gasteiger charge is 2.45. The average molecular weight is 448 g/mol. The van der Waals surface area contributed by atoms with Gasteiger partial charge < -0.3 is 26.7 Å². The summed E-state index contributed by atoms with van der Waals surface area (Å²) < 4.78 is 40.7. The highest BCUT2D eigenvalue weighted by molar-refractivity contribution is 5.72. The lowest BCUT2D eigenvalue weighted by atomic mass is 10.00. The van der Waals surface area contributed by atoms with E-state index in [1.165, 1.54) is 11.0 Å². The van der Waals surface area contributed by atoms with Crippen molar-refractivity contribution in [1.82, 2.24) is 9.97 Å². The minimum absolute atomic E-state index is 0.000440. The van der Waals surface area contributed by atoms with Crippen LogP contribution >= 0.6 is 0 Å². The number of aromatic nitrogens is 2. The Bertz CT molecular complexity index is 1090. The van der Waals surface area contributed by atoms with E-state index in [1.807, 2.05) is 6.92 Å². The zero-order chi connectivity index (χ0) is 23.5. The molecule has 1 aliphatic heterocycles. The summed E-state index contributed by atoms with van der Waals surface area (Å²) in [4.78, 5) is 20.5. The number of rotatable bonds is 5. The SMILES string of the molecule is C/C(N)=C/C=C(\N)Nc1cc(-c2cc(N3CCCCC3C(F)(F)F)[nH]c(=O)c2)c(C)cn1. The summed E-state index contributed by atoms with van der Waals surface area (Å²) in [6.07, 6.45) is 1.58. The third kappa shape index (κ3) is 5.63. The first-order valence-corrected chi connectivity index (χ1v) is 10.3. The number of nitrogens with two attached hydrogens (primary N) is 2. The average Bonchev–Trinajstić information content (AvgIpc) is 2.72. The molecule has 0 saturated carbocycles. The quantitative estimate of drug-likeness (QED) is 0.519. The van der Waals surface area contributed by atoms with E-state index in [0.29, 0.717) is 41.3 Å². The highest BCUT2D eigenvalue weighted by atomic mass is 19.4. The van der Waals surface area contributed by atoms with Gasteiger partial charge in [0.2, 0.25) is 5.56 Å². The van der Waals surface area contributed by atoms with Gasteiger partial charge in [-0.2, -0.15) is 13.2 Å². The topological polar surface area (TPSA) is 113 Å². The van der Waals surface area contributed by atoms with Gasteiger partial charge in [-0.25, -0.2) is 4.98 Å². The number of nitrogens with one attached hydrogen (secondary N) is 2. The number of nitrogens with zero attached hydrogens (tertiary/aromatic N) is 2. The van der Waals surface area contributed by atoms with E-state index in [1.54, 1.807) is 37.4 Å². The molecular formula is C22H27F3N6O. The van der Waals surface area contributed by atoms with Crippen LogP contribution < -0.4 is 27.2 Å². The number of hydrogen-bond donors (Lipinski definition) is 4. The van der Waals surface area contributed by atoms with Crippen LogP contribution in [0.1, 0.15) is 31.7 Å². The molecule has 32 heavy (non-hydrogen) atoms. The van der Waals surface area contributed by atoms with Crippen LogP contribution in [-0.2, 0) is 0 Å². The number of piperidine rings is 1. The Hall–Kier alpha value is -3.43. The first-order chi connectivity index (χ1) is 15.0. The van der Waals surface area contributed by atoms with E-state index in [4.69, 9.17) is 11.5 Å². The molecule has 0 amide bonds. The van der Waals surface area contributed by atoms with Gasteiger partial charge >= 0.3 is 6.18 Å². The van der Waals surface area contributed by atoms with Gasteiger partial charge in [0.15, 0.2) is 0 Å². The standard InChI is InChI=1S/C22H27F3N6O/c1-13-12-28-19(29-18(27)7-6-14(2)26)11-16(13)15-9-20(30-21(32)10-15)31-8-4-3-5-17(31)22(23,24)25/h6-7,9-12,17H,3-5,8,26-27H2,1-2H3,(H,28,29)(H,30,32)/b14-6-,18-7+. The molecule has 1 atom stereocenters. The number of aryl methyl sites for hydroxylation is 1. The molecule has 10 heteroatoms. The molecule has 0 radical (unpaired) electrons. The van der Waals surface area contributed by atoms with Gasteiger partial charge in [0, 0.05) is 24.5 Å². The third-order valence-corrected chi connectivity index (χ3v) is 5.23. The van der Waals surface area contributed by atoms with Crippen LogP contribution in [-0.4, -0.2) is 28.7 Å². The van der Waals surface area contributed by atoms with E-state index >= 15 is 0 Å². The third-order valence-electron chi connectivity index (χ3n) is 5.23. The minimum atomic E-state index is -4.38. The molecule has 0 bridgehead atoms. The Morgan fingerprint density at radius 2 is 2.00 bits per heavy atom. The predicted octanol–water partition coefficient (Wildman–Crippen LogP) is 3.74. The molecule has 1 unspecified atom stereocenters. The lowest BCUT2D eigenvalue weighted by Gasteiger charge is -2.38. The fraction of sp³-hybridized carbons (Fsp3) is 0.364. The van der Waals surface area contributed by atoms with Crippen LogP contribution in [0.3, 0.4) is 0 Å². The maximum Gasteiger partial charge on any atom is 0.408 e. The second-order valence-corrected chi connectivity index (χ2v) is 7.91. The summed E-state index contributed by atoms with van der Waals surface area (Å²) in [5, 5.41) is 2.94. The van der Waals surface area contributed by atoms with Crippen molar-refractivity contribution in [2.45, 2.75) is 45.3 Å². The van der Waals surface area contributed by atoms with Crippen LogP contribution in [0.25, 0.3) is 11.1 Å². The van der Waals surface area contributed by atoms with Crippen molar-refractivity contribution < 1.29 is 13.2 Å². The second kappa shape index (κ2) is 9.37. The summed E-state index contributed by atoms with van der Waals surface area (Å²) in [7, 11) is 0. The van der Waals surface area contributed by atoms with Gasteiger partial charge in [-0.1, -0.05) is 0 Å². The van der Waals surface area contributed by atoms with E-state index in [9.17, 15) is 18.0 Å². The molecule has 7 nitrogen and oxygen atoms in total. The van der Waals surface area contributed by atoms with Crippen LogP contribution in [0.2, 0.25) is 0 Å².